The van der Waals surface area contributed by atoms with Gasteiger partial charge in [-0.15, -0.1) is 13.2 Å². The SMILES string of the molecule is CC(C)n1nc(-c2cnc(N)c(OC(F)(F)F)c2)cc1C1[C@H]2CNC[C@@H]12. The average Bonchev–Trinajstić information content (AvgIpc) is 2.92. The molecule has 2 aromatic rings. The lowest BCUT2D eigenvalue weighted by molar-refractivity contribution is -0.274. The highest BCUT2D eigenvalue weighted by Gasteiger charge is 2.55. The summed E-state index contributed by atoms with van der Waals surface area (Å²) in [4.78, 5) is 3.83. The Morgan fingerprint density at radius 3 is 2.58 bits per heavy atom. The summed E-state index contributed by atoms with van der Waals surface area (Å²) in [6, 6.07) is 3.34. The number of fused-ring (bicyclic) bond motifs is 1. The number of rotatable bonds is 4. The highest BCUT2D eigenvalue weighted by Crippen LogP contribution is 2.56. The number of alkyl halides is 3. The first-order chi connectivity index (χ1) is 12.2. The van der Waals surface area contributed by atoms with Crippen molar-refractivity contribution in [3.05, 3.63) is 24.0 Å². The van der Waals surface area contributed by atoms with Crippen LogP contribution in [0.25, 0.3) is 11.3 Å². The van der Waals surface area contributed by atoms with E-state index in [2.05, 4.69) is 20.1 Å². The van der Waals surface area contributed by atoms with Crippen LogP contribution in [0, 0.1) is 11.8 Å². The largest absolute Gasteiger partial charge is 0.573 e. The van der Waals surface area contributed by atoms with Crippen molar-refractivity contribution in [1.82, 2.24) is 20.1 Å². The van der Waals surface area contributed by atoms with Gasteiger partial charge in [0.1, 0.15) is 0 Å². The van der Waals surface area contributed by atoms with Gasteiger partial charge in [-0.2, -0.15) is 5.10 Å². The molecule has 0 amide bonds. The Hall–Kier alpha value is -2.29. The molecule has 1 saturated heterocycles. The summed E-state index contributed by atoms with van der Waals surface area (Å²) in [6.07, 6.45) is -3.40. The molecule has 4 rings (SSSR count). The van der Waals surface area contributed by atoms with E-state index >= 15 is 0 Å². The number of nitrogens with two attached hydrogens (primary N) is 1. The Balaban J connectivity index is 1.69. The van der Waals surface area contributed by atoms with E-state index in [9.17, 15) is 13.2 Å². The summed E-state index contributed by atoms with van der Waals surface area (Å²) in [5, 5.41) is 7.98. The lowest BCUT2D eigenvalue weighted by Gasteiger charge is -2.12. The van der Waals surface area contributed by atoms with E-state index in [-0.39, 0.29) is 11.9 Å². The molecule has 1 aliphatic heterocycles. The fourth-order valence-corrected chi connectivity index (χ4v) is 3.87. The lowest BCUT2D eigenvalue weighted by atomic mass is 10.1. The van der Waals surface area contributed by atoms with Crippen molar-refractivity contribution in [3.8, 4) is 17.0 Å². The number of hydrogen-bond acceptors (Lipinski definition) is 5. The van der Waals surface area contributed by atoms with Crippen molar-refractivity contribution in [2.45, 2.75) is 32.2 Å². The van der Waals surface area contributed by atoms with Crippen LogP contribution in [0.2, 0.25) is 0 Å². The van der Waals surface area contributed by atoms with E-state index in [0.717, 1.165) is 18.8 Å². The molecule has 0 spiro atoms. The normalized spacial score (nSPS) is 24.8. The van der Waals surface area contributed by atoms with Crippen molar-refractivity contribution in [3.63, 3.8) is 0 Å². The number of pyridine rings is 1. The zero-order chi connectivity index (χ0) is 18.6. The van der Waals surface area contributed by atoms with E-state index in [1.54, 1.807) is 0 Å². The summed E-state index contributed by atoms with van der Waals surface area (Å²) in [6.45, 7) is 6.08. The highest BCUT2D eigenvalue weighted by atomic mass is 19.4. The van der Waals surface area contributed by atoms with Crippen molar-refractivity contribution < 1.29 is 17.9 Å². The van der Waals surface area contributed by atoms with Crippen molar-refractivity contribution in [2.75, 3.05) is 18.8 Å². The second-order valence-corrected chi connectivity index (χ2v) is 7.16. The lowest BCUT2D eigenvalue weighted by Crippen LogP contribution is -2.18. The molecule has 2 aromatic heterocycles. The van der Waals surface area contributed by atoms with Crippen LogP contribution >= 0.6 is 0 Å². The molecular weight excluding hydrogens is 347 g/mol. The van der Waals surface area contributed by atoms with Gasteiger partial charge in [0.2, 0.25) is 0 Å². The minimum atomic E-state index is -4.82. The summed E-state index contributed by atoms with van der Waals surface area (Å²) in [5.41, 5.74) is 7.66. The number of hydrogen-bond donors (Lipinski definition) is 2. The second kappa shape index (κ2) is 5.87. The van der Waals surface area contributed by atoms with Gasteiger partial charge in [-0.05, 0) is 50.9 Å². The first kappa shape index (κ1) is 17.1. The van der Waals surface area contributed by atoms with Gasteiger partial charge >= 0.3 is 6.36 Å². The maximum absolute atomic E-state index is 12.5. The van der Waals surface area contributed by atoms with Crippen LogP contribution < -0.4 is 15.8 Å². The van der Waals surface area contributed by atoms with Gasteiger partial charge in [0.25, 0.3) is 0 Å². The smallest absolute Gasteiger partial charge is 0.402 e. The first-order valence-electron chi connectivity index (χ1n) is 8.56. The Labute approximate surface area is 148 Å². The number of nitrogens with zero attached hydrogens (tertiary/aromatic N) is 3. The molecule has 0 bridgehead atoms. The summed E-state index contributed by atoms with van der Waals surface area (Å²) in [5.74, 6) is 0.865. The molecule has 3 atom stereocenters. The average molecular weight is 367 g/mol. The van der Waals surface area contributed by atoms with Crippen LogP contribution in [0.4, 0.5) is 19.0 Å². The number of nitrogens with one attached hydrogen (secondary N) is 1. The fourth-order valence-electron chi connectivity index (χ4n) is 3.87. The van der Waals surface area contributed by atoms with Gasteiger partial charge in [-0.3, -0.25) is 4.68 Å². The Bertz CT molecular complexity index is 822. The number of piperidine rings is 1. The monoisotopic (exact) mass is 367 g/mol. The Morgan fingerprint density at radius 1 is 1.27 bits per heavy atom. The molecule has 6 nitrogen and oxygen atoms in total. The molecule has 9 heteroatoms. The molecular formula is C17H20F3N5O. The third kappa shape index (κ3) is 3.00. The van der Waals surface area contributed by atoms with E-state index < -0.39 is 12.1 Å². The molecule has 2 fully saturated rings. The first-order valence-corrected chi connectivity index (χ1v) is 8.56. The maximum Gasteiger partial charge on any atom is 0.573 e. The third-order valence-corrected chi connectivity index (χ3v) is 5.09. The standard InChI is InChI=1S/C17H20F3N5O/c1-8(2)25-13(15-10-6-22-7-11(10)15)4-12(24-25)9-3-14(16(21)23-5-9)26-17(18,19)20/h3-5,8,10-11,15,22H,6-7H2,1-2H3,(H2,21,23)/t10-,11+,15?. The van der Waals surface area contributed by atoms with E-state index in [0.29, 0.717) is 29.0 Å². The fraction of sp³-hybridized carbons (Fsp3) is 0.529. The van der Waals surface area contributed by atoms with Crippen LogP contribution in [0.3, 0.4) is 0 Å². The van der Waals surface area contributed by atoms with Gasteiger partial charge in [0.15, 0.2) is 11.6 Å². The van der Waals surface area contributed by atoms with Gasteiger partial charge in [0.05, 0.1) is 5.69 Å². The van der Waals surface area contributed by atoms with Gasteiger partial charge in [-0.1, -0.05) is 0 Å². The van der Waals surface area contributed by atoms with Crippen molar-refractivity contribution >= 4 is 5.82 Å². The van der Waals surface area contributed by atoms with E-state index in [1.165, 1.54) is 12.3 Å². The van der Waals surface area contributed by atoms with Crippen molar-refractivity contribution in [2.24, 2.45) is 11.8 Å². The molecule has 1 aliphatic carbocycles. The van der Waals surface area contributed by atoms with E-state index in [4.69, 9.17) is 5.73 Å². The van der Waals surface area contributed by atoms with Crippen LogP contribution in [-0.4, -0.2) is 34.2 Å². The molecule has 1 saturated carbocycles. The summed E-state index contributed by atoms with van der Waals surface area (Å²) in [7, 11) is 0. The van der Waals surface area contributed by atoms with Crippen LogP contribution in [0.5, 0.6) is 5.75 Å². The molecule has 1 unspecified atom stereocenters. The topological polar surface area (TPSA) is 78.0 Å². The number of ether oxygens (including phenoxy) is 1. The molecule has 26 heavy (non-hydrogen) atoms. The number of nitrogen functional groups attached to an aromatic ring is 1. The Morgan fingerprint density at radius 2 is 1.96 bits per heavy atom. The quantitative estimate of drug-likeness (QED) is 0.869. The summed E-state index contributed by atoms with van der Waals surface area (Å²) < 4.78 is 43.6. The Kier molecular flexibility index (Phi) is 3.87. The van der Waals surface area contributed by atoms with E-state index in [1.807, 2.05) is 24.6 Å². The molecule has 140 valence electrons. The molecule has 3 N–H and O–H groups in total. The molecule has 0 aromatic carbocycles. The molecule has 3 heterocycles. The maximum atomic E-state index is 12.5. The zero-order valence-electron chi connectivity index (χ0n) is 14.4. The number of halogens is 3. The molecule has 0 radical (unpaired) electrons. The number of aromatic nitrogens is 3. The predicted molar refractivity (Wildman–Crippen MR) is 89.5 cm³/mol. The van der Waals surface area contributed by atoms with Gasteiger partial charge in [-0.25, -0.2) is 4.98 Å². The number of anilines is 1. The van der Waals surface area contributed by atoms with Crippen LogP contribution in [0.15, 0.2) is 18.3 Å². The van der Waals surface area contributed by atoms with Gasteiger partial charge < -0.3 is 15.8 Å². The minimum Gasteiger partial charge on any atom is -0.402 e. The van der Waals surface area contributed by atoms with Crippen molar-refractivity contribution in [1.29, 1.82) is 0 Å². The predicted octanol–water partition coefficient (Wildman–Crippen LogP) is 2.94. The highest BCUT2D eigenvalue weighted by molar-refractivity contribution is 5.64. The zero-order valence-corrected chi connectivity index (χ0v) is 14.4. The van der Waals surface area contributed by atoms with Crippen LogP contribution in [-0.2, 0) is 0 Å². The third-order valence-electron chi connectivity index (χ3n) is 5.09. The minimum absolute atomic E-state index is 0.153. The summed E-state index contributed by atoms with van der Waals surface area (Å²) >= 11 is 0. The molecule has 2 aliphatic rings. The second-order valence-electron chi connectivity index (χ2n) is 7.16. The van der Waals surface area contributed by atoms with Gasteiger partial charge in [0, 0.05) is 29.4 Å². The van der Waals surface area contributed by atoms with Crippen LogP contribution in [0.1, 0.15) is 31.5 Å².